The molecular formula is C36H28N2O5. The molecule has 0 unspecified atom stereocenters. The Bertz CT molecular complexity index is 1850. The first-order valence-electron chi connectivity index (χ1n) is 13.8. The lowest BCUT2D eigenvalue weighted by molar-refractivity contribution is -0.122. The maximum atomic E-state index is 13.7. The van der Waals surface area contributed by atoms with Gasteiger partial charge < -0.3 is 9.47 Å². The number of carbonyl (C=O) groups is 3. The van der Waals surface area contributed by atoms with Crippen LogP contribution in [0.25, 0.3) is 16.8 Å². The van der Waals surface area contributed by atoms with Gasteiger partial charge in [-0.15, -0.1) is 0 Å². The van der Waals surface area contributed by atoms with Crippen LogP contribution in [0.3, 0.4) is 0 Å². The van der Waals surface area contributed by atoms with E-state index in [9.17, 15) is 14.4 Å². The van der Waals surface area contributed by atoms with Crippen molar-refractivity contribution in [2.45, 2.75) is 20.1 Å². The molecule has 0 radical (unpaired) electrons. The fraction of sp³-hybridized carbons (Fsp3) is 0.0833. The molecular weight excluding hydrogens is 540 g/mol. The number of rotatable bonds is 8. The lowest BCUT2D eigenvalue weighted by Crippen LogP contribution is -2.54. The molecule has 0 spiro atoms. The molecule has 0 aromatic heterocycles. The van der Waals surface area contributed by atoms with Gasteiger partial charge in [0.15, 0.2) is 0 Å². The Morgan fingerprint density at radius 3 is 2.14 bits per heavy atom. The second-order valence-corrected chi connectivity index (χ2v) is 10.2. The summed E-state index contributed by atoms with van der Waals surface area (Å²) in [5.41, 5.74) is 3.86. The zero-order valence-corrected chi connectivity index (χ0v) is 23.4. The Labute approximate surface area is 249 Å². The molecule has 212 valence electrons. The summed E-state index contributed by atoms with van der Waals surface area (Å²) in [4.78, 5) is 40.5. The second kappa shape index (κ2) is 12.0. The molecule has 43 heavy (non-hydrogen) atoms. The first-order chi connectivity index (χ1) is 21.0. The van der Waals surface area contributed by atoms with E-state index in [1.807, 2.05) is 97.9 Å². The minimum Gasteiger partial charge on any atom is -0.489 e. The Balaban J connectivity index is 1.29. The monoisotopic (exact) mass is 568 g/mol. The van der Waals surface area contributed by atoms with E-state index >= 15 is 0 Å². The first-order valence-corrected chi connectivity index (χ1v) is 13.8. The zero-order valence-electron chi connectivity index (χ0n) is 23.4. The van der Waals surface area contributed by atoms with E-state index in [-0.39, 0.29) is 5.57 Å². The van der Waals surface area contributed by atoms with Crippen LogP contribution in [0.2, 0.25) is 0 Å². The van der Waals surface area contributed by atoms with Crippen LogP contribution in [-0.2, 0) is 22.8 Å². The minimum atomic E-state index is -0.820. The average molecular weight is 569 g/mol. The van der Waals surface area contributed by atoms with Crippen molar-refractivity contribution in [2.24, 2.45) is 0 Å². The fourth-order valence-electron chi connectivity index (χ4n) is 4.86. The van der Waals surface area contributed by atoms with Gasteiger partial charge in [-0.1, -0.05) is 90.5 Å². The highest BCUT2D eigenvalue weighted by Crippen LogP contribution is 2.32. The van der Waals surface area contributed by atoms with E-state index < -0.39 is 17.8 Å². The number of hydrogen-bond acceptors (Lipinski definition) is 5. The molecule has 7 heteroatoms. The Kier molecular flexibility index (Phi) is 7.70. The summed E-state index contributed by atoms with van der Waals surface area (Å²) in [5, 5.41) is 4.03. The number of barbiturate groups is 1. The second-order valence-electron chi connectivity index (χ2n) is 10.2. The number of nitrogens with zero attached hydrogens (tertiary/aromatic N) is 1. The van der Waals surface area contributed by atoms with Crippen molar-refractivity contribution >= 4 is 40.4 Å². The van der Waals surface area contributed by atoms with Crippen molar-refractivity contribution in [3.8, 4) is 11.5 Å². The molecule has 0 saturated carbocycles. The van der Waals surface area contributed by atoms with Crippen molar-refractivity contribution in [3.63, 3.8) is 0 Å². The van der Waals surface area contributed by atoms with Crippen LogP contribution in [0.4, 0.5) is 10.5 Å². The van der Waals surface area contributed by atoms with Gasteiger partial charge in [0.05, 0.1) is 5.69 Å². The molecule has 1 fully saturated rings. The standard InChI is InChI=1S/C36H28N2O5/c1-24-11-13-26(14-12-24)22-42-29-18-16-28(17-19-29)38-35(40)32(34(39)37-36(38)41)21-31-30-10-6-5-9-27(30)15-20-33(31)43-23-25-7-3-2-4-8-25/h2-21H,22-23H2,1H3,(H,37,39,41)/b32-21+. The number of amides is 4. The number of imide groups is 2. The van der Waals surface area contributed by atoms with E-state index in [2.05, 4.69) is 5.32 Å². The zero-order chi connectivity index (χ0) is 29.8. The summed E-state index contributed by atoms with van der Waals surface area (Å²) in [6.07, 6.45) is 1.50. The summed E-state index contributed by atoms with van der Waals surface area (Å²) in [7, 11) is 0. The van der Waals surface area contributed by atoms with Crippen LogP contribution in [0.15, 0.2) is 121 Å². The maximum Gasteiger partial charge on any atom is 0.335 e. The van der Waals surface area contributed by atoms with Gasteiger partial charge in [0.25, 0.3) is 11.8 Å². The van der Waals surface area contributed by atoms with Gasteiger partial charge in [-0.2, -0.15) is 0 Å². The molecule has 7 nitrogen and oxygen atoms in total. The molecule has 5 aromatic carbocycles. The van der Waals surface area contributed by atoms with Crippen LogP contribution < -0.4 is 19.7 Å². The molecule has 1 aliphatic heterocycles. The van der Waals surface area contributed by atoms with Gasteiger partial charge in [0.1, 0.15) is 30.3 Å². The van der Waals surface area contributed by atoms with Crippen LogP contribution in [0.5, 0.6) is 11.5 Å². The lowest BCUT2D eigenvalue weighted by Gasteiger charge is -2.26. The molecule has 1 aliphatic rings. The summed E-state index contributed by atoms with van der Waals surface area (Å²) in [6, 6.07) is 34.9. The molecule has 0 bridgehead atoms. The van der Waals surface area contributed by atoms with E-state index in [1.54, 1.807) is 24.3 Å². The third-order valence-corrected chi connectivity index (χ3v) is 7.18. The summed E-state index contributed by atoms with van der Waals surface area (Å²) in [5.74, 6) is -0.415. The number of benzene rings is 5. The third kappa shape index (κ3) is 6.01. The highest BCUT2D eigenvalue weighted by atomic mass is 16.5. The Morgan fingerprint density at radius 1 is 0.698 bits per heavy atom. The number of urea groups is 1. The Hall–Kier alpha value is -5.69. The topological polar surface area (TPSA) is 84.9 Å². The van der Waals surface area contributed by atoms with Crippen molar-refractivity contribution < 1.29 is 23.9 Å². The number of nitrogens with one attached hydrogen (secondary N) is 1. The van der Waals surface area contributed by atoms with Crippen LogP contribution in [0.1, 0.15) is 22.3 Å². The highest BCUT2D eigenvalue weighted by Gasteiger charge is 2.37. The van der Waals surface area contributed by atoms with Crippen LogP contribution in [-0.4, -0.2) is 17.8 Å². The minimum absolute atomic E-state index is 0.180. The molecule has 0 atom stereocenters. The average Bonchev–Trinajstić information content (AvgIpc) is 3.03. The summed E-state index contributed by atoms with van der Waals surface area (Å²) >= 11 is 0. The van der Waals surface area contributed by atoms with E-state index in [4.69, 9.17) is 9.47 Å². The Morgan fingerprint density at radius 2 is 1.37 bits per heavy atom. The van der Waals surface area contributed by atoms with Gasteiger partial charge in [-0.3, -0.25) is 14.9 Å². The van der Waals surface area contributed by atoms with Gasteiger partial charge in [0.2, 0.25) is 0 Å². The van der Waals surface area contributed by atoms with Crippen molar-refractivity contribution in [1.82, 2.24) is 5.32 Å². The van der Waals surface area contributed by atoms with Crippen molar-refractivity contribution in [1.29, 1.82) is 0 Å². The fourth-order valence-corrected chi connectivity index (χ4v) is 4.86. The summed E-state index contributed by atoms with van der Waals surface area (Å²) in [6.45, 7) is 2.71. The van der Waals surface area contributed by atoms with Gasteiger partial charge >= 0.3 is 6.03 Å². The number of carbonyl (C=O) groups excluding carboxylic acids is 3. The highest BCUT2D eigenvalue weighted by molar-refractivity contribution is 6.39. The number of fused-ring (bicyclic) bond motifs is 1. The summed E-state index contributed by atoms with van der Waals surface area (Å²) < 4.78 is 12.0. The SMILES string of the molecule is Cc1ccc(COc2ccc(N3C(=O)NC(=O)/C(=C\c4c(OCc5ccccc5)ccc5ccccc45)C3=O)cc2)cc1. The molecule has 1 saturated heterocycles. The van der Waals surface area contributed by atoms with Crippen LogP contribution in [0, 0.1) is 6.92 Å². The van der Waals surface area contributed by atoms with Crippen molar-refractivity contribution in [2.75, 3.05) is 4.90 Å². The molecule has 5 aromatic rings. The quantitative estimate of drug-likeness (QED) is 0.161. The number of anilines is 1. The number of ether oxygens (including phenoxy) is 2. The van der Waals surface area contributed by atoms with Crippen molar-refractivity contribution in [3.05, 3.63) is 143 Å². The molecule has 1 heterocycles. The van der Waals surface area contributed by atoms with Crippen LogP contribution >= 0.6 is 0 Å². The maximum absolute atomic E-state index is 13.7. The van der Waals surface area contributed by atoms with E-state index in [0.717, 1.165) is 26.8 Å². The number of hydrogen-bond donors (Lipinski definition) is 1. The predicted octanol–water partition coefficient (Wildman–Crippen LogP) is 6.97. The third-order valence-electron chi connectivity index (χ3n) is 7.18. The molecule has 4 amide bonds. The predicted molar refractivity (Wildman–Crippen MR) is 166 cm³/mol. The normalized spacial score (nSPS) is 14.2. The molecule has 0 aliphatic carbocycles. The molecule has 6 rings (SSSR count). The number of aryl methyl sites for hydroxylation is 1. The van der Waals surface area contributed by atoms with Gasteiger partial charge in [-0.05, 0) is 65.2 Å². The molecule has 1 N–H and O–H groups in total. The van der Waals surface area contributed by atoms with E-state index in [1.165, 1.54) is 11.6 Å². The lowest BCUT2D eigenvalue weighted by atomic mass is 9.99. The van der Waals surface area contributed by atoms with E-state index in [0.29, 0.717) is 36.0 Å². The van der Waals surface area contributed by atoms with Gasteiger partial charge in [0, 0.05) is 5.56 Å². The first kappa shape index (κ1) is 27.5. The largest absolute Gasteiger partial charge is 0.489 e. The smallest absolute Gasteiger partial charge is 0.335 e. The van der Waals surface area contributed by atoms with Gasteiger partial charge in [-0.25, -0.2) is 9.69 Å².